The molecule has 0 bridgehead atoms. The highest BCUT2D eigenvalue weighted by atomic mass is 15.2. The van der Waals surface area contributed by atoms with Crippen LogP contribution >= 0.6 is 0 Å². The highest BCUT2D eigenvalue weighted by Crippen LogP contribution is 2.29. The van der Waals surface area contributed by atoms with E-state index in [-0.39, 0.29) is 0 Å². The SMILES string of the molecule is C=C/C=C(C)\C(=C/C)c1ccc2[nH]nc(-c3nc4c(-n5cnc(C)c5)nccc4[nH]3)c2n1. The van der Waals surface area contributed by atoms with Crippen molar-refractivity contribution in [2.45, 2.75) is 20.8 Å². The molecule has 0 amide bonds. The summed E-state index contributed by atoms with van der Waals surface area (Å²) < 4.78 is 1.87. The molecule has 8 nitrogen and oxygen atoms in total. The van der Waals surface area contributed by atoms with Crippen LogP contribution in [0.5, 0.6) is 0 Å². The number of fused-ring (bicyclic) bond motifs is 2. The minimum absolute atomic E-state index is 0.627. The minimum atomic E-state index is 0.627. The number of hydrogen-bond donors (Lipinski definition) is 2. The highest BCUT2D eigenvalue weighted by molar-refractivity contribution is 5.93. The number of aryl methyl sites for hydroxylation is 1. The van der Waals surface area contributed by atoms with E-state index in [9.17, 15) is 0 Å². The smallest absolute Gasteiger partial charge is 0.166 e. The van der Waals surface area contributed by atoms with Gasteiger partial charge in [-0.05, 0) is 50.1 Å². The van der Waals surface area contributed by atoms with Crippen molar-refractivity contribution in [3.63, 3.8) is 0 Å². The lowest BCUT2D eigenvalue weighted by molar-refractivity contribution is 1.00. The van der Waals surface area contributed by atoms with E-state index in [1.807, 2.05) is 55.8 Å². The summed E-state index contributed by atoms with van der Waals surface area (Å²) in [5.41, 5.74) is 7.77. The van der Waals surface area contributed by atoms with Gasteiger partial charge in [0.1, 0.15) is 17.4 Å². The van der Waals surface area contributed by atoms with Crippen LogP contribution in [0.3, 0.4) is 0 Å². The molecule has 5 heterocycles. The standard InChI is InChI=1S/C24H22N8/c1-5-7-14(3)16(6-2)17-8-9-19-20(27-17)22(31-30-19)23-28-18-10-11-25-24(21(18)29-23)32-12-15(4)26-13-32/h5-13H,1H2,2-4H3,(H,28,29)(H,30,31)/b14-7-,16-6+. The van der Waals surface area contributed by atoms with Gasteiger partial charge in [0.2, 0.25) is 0 Å². The van der Waals surface area contributed by atoms with Gasteiger partial charge in [0, 0.05) is 12.4 Å². The molecule has 0 saturated carbocycles. The molecule has 0 aromatic carbocycles. The van der Waals surface area contributed by atoms with Crippen molar-refractivity contribution >= 4 is 27.6 Å². The number of rotatable bonds is 5. The fourth-order valence-electron chi connectivity index (χ4n) is 3.82. The van der Waals surface area contributed by atoms with E-state index >= 15 is 0 Å². The molecule has 0 aliphatic carbocycles. The number of aromatic amines is 2. The van der Waals surface area contributed by atoms with Crippen LogP contribution in [0.1, 0.15) is 25.2 Å². The number of nitrogens with one attached hydrogen (secondary N) is 2. The third kappa shape index (κ3) is 3.22. The van der Waals surface area contributed by atoms with Gasteiger partial charge in [-0.2, -0.15) is 5.10 Å². The van der Waals surface area contributed by atoms with Gasteiger partial charge in [0.15, 0.2) is 17.3 Å². The molecule has 0 aliphatic rings. The summed E-state index contributed by atoms with van der Waals surface area (Å²) in [6, 6.07) is 5.87. The second-order valence-corrected chi connectivity index (χ2v) is 7.49. The van der Waals surface area contributed by atoms with E-state index < -0.39 is 0 Å². The number of hydrogen-bond acceptors (Lipinski definition) is 5. The van der Waals surface area contributed by atoms with Gasteiger partial charge >= 0.3 is 0 Å². The Morgan fingerprint density at radius 1 is 1.09 bits per heavy atom. The Morgan fingerprint density at radius 2 is 1.97 bits per heavy atom. The Hall–Kier alpha value is -4.33. The van der Waals surface area contributed by atoms with Crippen LogP contribution in [0.4, 0.5) is 0 Å². The minimum Gasteiger partial charge on any atom is -0.336 e. The Bertz CT molecular complexity index is 1530. The average Bonchev–Trinajstić information content (AvgIpc) is 3.51. The van der Waals surface area contributed by atoms with Gasteiger partial charge in [-0.25, -0.2) is 19.9 Å². The second kappa shape index (κ2) is 7.73. The zero-order chi connectivity index (χ0) is 22.2. The topological polar surface area (TPSA) is 101 Å². The third-order valence-electron chi connectivity index (χ3n) is 5.33. The number of imidazole rings is 2. The monoisotopic (exact) mass is 422 g/mol. The number of aromatic nitrogens is 8. The molecule has 8 heteroatoms. The molecule has 0 radical (unpaired) electrons. The van der Waals surface area contributed by atoms with Gasteiger partial charge < -0.3 is 4.98 Å². The fraction of sp³-hybridized carbons (Fsp3) is 0.125. The number of pyridine rings is 2. The van der Waals surface area contributed by atoms with Crippen LogP contribution in [-0.2, 0) is 0 Å². The summed E-state index contributed by atoms with van der Waals surface area (Å²) >= 11 is 0. The van der Waals surface area contributed by atoms with E-state index in [0.717, 1.165) is 44.6 Å². The first-order valence-electron chi connectivity index (χ1n) is 10.3. The summed E-state index contributed by atoms with van der Waals surface area (Å²) in [5.74, 6) is 1.34. The molecule has 0 saturated heterocycles. The Labute approximate surface area is 184 Å². The van der Waals surface area contributed by atoms with Crippen molar-refractivity contribution in [2.24, 2.45) is 0 Å². The van der Waals surface area contributed by atoms with E-state index in [2.05, 4.69) is 37.8 Å². The first-order chi connectivity index (χ1) is 15.6. The maximum Gasteiger partial charge on any atom is 0.166 e. The van der Waals surface area contributed by atoms with Crippen molar-refractivity contribution in [3.05, 3.63) is 78.7 Å². The van der Waals surface area contributed by atoms with E-state index in [1.54, 1.807) is 18.6 Å². The number of nitrogens with zero attached hydrogens (tertiary/aromatic N) is 6. The van der Waals surface area contributed by atoms with Gasteiger partial charge in [-0.15, -0.1) is 0 Å². The van der Waals surface area contributed by atoms with Crippen LogP contribution in [-0.4, -0.2) is 39.7 Å². The maximum atomic E-state index is 4.91. The molecule has 0 aliphatic heterocycles. The van der Waals surface area contributed by atoms with Crippen molar-refractivity contribution in [1.82, 2.24) is 39.7 Å². The Kier molecular flexibility index (Phi) is 4.74. The molecule has 0 fully saturated rings. The van der Waals surface area contributed by atoms with Crippen LogP contribution in [0, 0.1) is 6.92 Å². The summed E-state index contributed by atoms with van der Waals surface area (Å²) in [7, 11) is 0. The molecule has 5 aromatic rings. The van der Waals surface area contributed by atoms with Crippen LogP contribution in [0.2, 0.25) is 0 Å². The van der Waals surface area contributed by atoms with Crippen molar-refractivity contribution in [3.8, 4) is 17.3 Å². The molecule has 32 heavy (non-hydrogen) atoms. The normalized spacial score (nSPS) is 12.7. The third-order valence-corrected chi connectivity index (χ3v) is 5.33. The van der Waals surface area contributed by atoms with Crippen LogP contribution < -0.4 is 0 Å². The Balaban J connectivity index is 1.65. The molecule has 2 N–H and O–H groups in total. The van der Waals surface area contributed by atoms with Gasteiger partial charge in [-0.3, -0.25) is 9.67 Å². The molecule has 0 atom stereocenters. The van der Waals surface area contributed by atoms with E-state index in [4.69, 9.17) is 9.97 Å². The average molecular weight is 422 g/mol. The predicted octanol–water partition coefficient (Wildman–Crippen LogP) is 4.93. The molecule has 5 rings (SSSR count). The zero-order valence-corrected chi connectivity index (χ0v) is 18.1. The lowest BCUT2D eigenvalue weighted by Crippen LogP contribution is -1.95. The van der Waals surface area contributed by atoms with Crippen LogP contribution in [0.25, 0.3) is 45.0 Å². The van der Waals surface area contributed by atoms with Crippen molar-refractivity contribution < 1.29 is 0 Å². The molecule has 5 aromatic heterocycles. The van der Waals surface area contributed by atoms with Gasteiger partial charge in [0.05, 0.1) is 22.4 Å². The summed E-state index contributed by atoms with van der Waals surface area (Å²) in [6.07, 6.45) is 11.2. The molecule has 0 spiro atoms. The molecule has 0 unspecified atom stereocenters. The summed E-state index contributed by atoms with van der Waals surface area (Å²) in [6.45, 7) is 9.79. The quantitative estimate of drug-likeness (QED) is 0.391. The first-order valence-corrected chi connectivity index (χ1v) is 10.3. The van der Waals surface area contributed by atoms with Gasteiger partial charge in [0.25, 0.3) is 0 Å². The molecule has 158 valence electrons. The van der Waals surface area contributed by atoms with Gasteiger partial charge in [-0.1, -0.05) is 24.8 Å². The molecular weight excluding hydrogens is 400 g/mol. The lowest BCUT2D eigenvalue weighted by Gasteiger charge is -2.07. The van der Waals surface area contributed by atoms with Crippen molar-refractivity contribution in [2.75, 3.05) is 0 Å². The Morgan fingerprint density at radius 3 is 2.72 bits per heavy atom. The first kappa shape index (κ1) is 19.6. The zero-order valence-electron chi connectivity index (χ0n) is 18.1. The fourth-order valence-corrected chi connectivity index (χ4v) is 3.82. The van der Waals surface area contributed by atoms with Crippen LogP contribution in [0.15, 0.2) is 67.3 Å². The number of H-pyrrole nitrogens is 2. The summed E-state index contributed by atoms with van der Waals surface area (Å²) in [5, 5.41) is 7.57. The highest BCUT2D eigenvalue weighted by Gasteiger charge is 2.18. The largest absolute Gasteiger partial charge is 0.336 e. The lowest BCUT2D eigenvalue weighted by atomic mass is 10.0. The summed E-state index contributed by atoms with van der Waals surface area (Å²) in [4.78, 5) is 21.9. The van der Waals surface area contributed by atoms with E-state index in [1.165, 1.54) is 0 Å². The van der Waals surface area contributed by atoms with E-state index in [0.29, 0.717) is 17.3 Å². The molecular formula is C24H22N8. The van der Waals surface area contributed by atoms with Crippen molar-refractivity contribution in [1.29, 1.82) is 0 Å². The number of allylic oxidation sites excluding steroid dienone is 5. The maximum absolute atomic E-state index is 4.91. The predicted molar refractivity (Wildman–Crippen MR) is 126 cm³/mol. The second-order valence-electron chi connectivity index (χ2n) is 7.49.